The van der Waals surface area contributed by atoms with Crippen molar-refractivity contribution >= 4 is 29.4 Å². The zero-order valence-electron chi connectivity index (χ0n) is 18.3. The average molecular weight is 427 g/mol. The molecule has 0 radical (unpaired) electrons. The van der Waals surface area contributed by atoms with Crippen LogP contribution in [0.3, 0.4) is 0 Å². The molecule has 0 unspecified atom stereocenters. The van der Waals surface area contributed by atoms with Crippen LogP contribution in [0, 0.1) is 23.7 Å². The fourth-order valence-corrected chi connectivity index (χ4v) is 5.75. The molecule has 2 saturated carbocycles. The van der Waals surface area contributed by atoms with E-state index >= 15 is 0 Å². The summed E-state index contributed by atoms with van der Waals surface area (Å²) < 4.78 is 5.19. The number of carbonyl (C=O) groups excluding carboxylic acids is 4. The first-order valence-electron chi connectivity index (χ1n) is 11.3. The molecule has 3 fully saturated rings. The van der Waals surface area contributed by atoms with Gasteiger partial charge in [-0.3, -0.25) is 19.3 Å². The molecule has 31 heavy (non-hydrogen) atoms. The number of hydrogen-bond donors (Lipinski definition) is 1. The number of anilines is 1. The summed E-state index contributed by atoms with van der Waals surface area (Å²) in [7, 11) is 0. The van der Waals surface area contributed by atoms with E-state index in [0.717, 1.165) is 53.8 Å². The SMILES string of the molecule is CCc1cccc(CC)c1NC(=O)COC(=O)[C@@H](C)N1C(=O)[C@H]2[C@@H]3CC[C@H](C3)[C@@H]2C1=O. The first-order valence-corrected chi connectivity index (χ1v) is 11.3. The topological polar surface area (TPSA) is 92.8 Å². The molecule has 3 aliphatic rings. The van der Waals surface area contributed by atoms with Gasteiger partial charge in [-0.2, -0.15) is 0 Å². The molecule has 0 spiro atoms. The van der Waals surface area contributed by atoms with Gasteiger partial charge in [-0.1, -0.05) is 32.0 Å². The molecule has 7 heteroatoms. The van der Waals surface area contributed by atoms with E-state index in [-0.39, 0.29) is 35.5 Å². The van der Waals surface area contributed by atoms with Gasteiger partial charge in [-0.25, -0.2) is 4.79 Å². The lowest BCUT2D eigenvalue weighted by molar-refractivity contribution is -0.159. The second-order valence-corrected chi connectivity index (χ2v) is 8.92. The number of esters is 1. The van der Waals surface area contributed by atoms with Gasteiger partial charge in [0.05, 0.1) is 11.8 Å². The van der Waals surface area contributed by atoms with Crippen molar-refractivity contribution in [2.45, 2.75) is 58.9 Å². The van der Waals surface area contributed by atoms with E-state index in [9.17, 15) is 19.2 Å². The number of nitrogens with zero attached hydrogens (tertiary/aromatic N) is 1. The van der Waals surface area contributed by atoms with Crippen molar-refractivity contribution in [1.29, 1.82) is 0 Å². The number of nitrogens with one attached hydrogen (secondary N) is 1. The first-order chi connectivity index (χ1) is 14.9. The third-order valence-corrected chi connectivity index (χ3v) is 7.30. The molecular formula is C24H30N2O5. The van der Waals surface area contributed by atoms with Gasteiger partial charge in [0.25, 0.3) is 5.91 Å². The normalized spacial score (nSPS) is 27.4. The van der Waals surface area contributed by atoms with Crippen LogP contribution in [-0.2, 0) is 36.8 Å². The Bertz CT molecular complexity index is 876. The summed E-state index contributed by atoms with van der Waals surface area (Å²) in [5, 5.41) is 2.85. The summed E-state index contributed by atoms with van der Waals surface area (Å²) >= 11 is 0. The van der Waals surface area contributed by atoms with E-state index in [0.29, 0.717) is 0 Å². The monoisotopic (exact) mass is 426 g/mol. The number of aryl methyl sites for hydroxylation is 2. The van der Waals surface area contributed by atoms with Crippen LogP contribution in [0.25, 0.3) is 0 Å². The van der Waals surface area contributed by atoms with Gasteiger partial charge in [-0.05, 0) is 62.0 Å². The zero-order valence-corrected chi connectivity index (χ0v) is 18.3. The van der Waals surface area contributed by atoms with E-state index in [1.54, 1.807) is 0 Å². The second kappa shape index (κ2) is 8.44. The highest BCUT2D eigenvalue weighted by Gasteiger charge is 2.62. The van der Waals surface area contributed by atoms with Gasteiger partial charge in [0, 0.05) is 5.69 Å². The molecule has 2 aliphatic carbocycles. The molecular weight excluding hydrogens is 396 g/mol. The van der Waals surface area contributed by atoms with Crippen molar-refractivity contribution in [2.24, 2.45) is 23.7 Å². The molecule has 0 aromatic heterocycles. The molecule has 7 nitrogen and oxygen atoms in total. The van der Waals surface area contributed by atoms with Crippen molar-refractivity contribution in [3.8, 4) is 0 Å². The maximum Gasteiger partial charge on any atom is 0.329 e. The molecule has 4 rings (SSSR count). The van der Waals surface area contributed by atoms with Gasteiger partial charge in [-0.15, -0.1) is 0 Å². The fourth-order valence-electron chi connectivity index (χ4n) is 5.75. The van der Waals surface area contributed by atoms with Crippen molar-refractivity contribution in [3.05, 3.63) is 29.3 Å². The number of benzene rings is 1. The van der Waals surface area contributed by atoms with Gasteiger partial charge in [0.2, 0.25) is 11.8 Å². The summed E-state index contributed by atoms with van der Waals surface area (Å²) in [4.78, 5) is 51.8. The Morgan fingerprint density at radius 3 is 2.13 bits per heavy atom. The number of likely N-dealkylation sites (tertiary alicyclic amines) is 1. The Morgan fingerprint density at radius 1 is 1.06 bits per heavy atom. The number of hydrogen-bond acceptors (Lipinski definition) is 5. The summed E-state index contributed by atoms with van der Waals surface area (Å²) in [6.07, 6.45) is 4.44. The predicted molar refractivity (Wildman–Crippen MR) is 114 cm³/mol. The number of carbonyl (C=O) groups is 4. The number of ether oxygens (including phenoxy) is 1. The molecule has 2 bridgehead atoms. The number of imide groups is 1. The van der Waals surface area contributed by atoms with Crippen molar-refractivity contribution in [2.75, 3.05) is 11.9 Å². The van der Waals surface area contributed by atoms with E-state index in [4.69, 9.17) is 4.74 Å². The Hall–Kier alpha value is -2.70. The Kier molecular flexibility index (Phi) is 5.86. The van der Waals surface area contributed by atoms with E-state index in [1.807, 2.05) is 32.0 Å². The van der Waals surface area contributed by atoms with Gasteiger partial charge in [0.1, 0.15) is 6.04 Å². The fraction of sp³-hybridized carbons (Fsp3) is 0.583. The number of amides is 3. The zero-order chi connectivity index (χ0) is 22.3. The highest BCUT2D eigenvalue weighted by atomic mass is 16.5. The molecule has 1 saturated heterocycles. The largest absolute Gasteiger partial charge is 0.454 e. The standard InChI is InChI=1S/C24H30N2O5/c1-4-14-7-6-8-15(5-2)21(14)25-18(27)12-31-24(30)13(3)26-22(28)19-16-9-10-17(11-16)20(19)23(26)29/h6-8,13,16-17,19-20H,4-5,9-12H2,1-3H3,(H,25,27)/t13-,16-,17-,19+,20+/m1/s1. The van der Waals surface area contributed by atoms with Crippen molar-refractivity contribution in [3.63, 3.8) is 0 Å². The lowest BCUT2D eigenvalue weighted by atomic mass is 9.81. The van der Waals surface area contributed by atoms with Gasteiger partial charge in [0.15, 0.2) is 6.61 Å². The maximum atomic E-state index is 12.9. The molecule has 166 valence electrons. The Morgan fingerprint density at radius 2 is 1.61 bits per heavy atom. The van der Waals surface area contributed by atoms with Gasteiger partial charge < -0.3 is 10.1 Å². The minimum Gasteiger partial charge on any atom is -0.454 e. The highest BCUT2D eigenvalue weighted by molar-refractivity contribution is 6.08. The van der Waals surface area contributed by atoms with Crippen LogP contribution in [-0.4, -0.2) is 41.2 Å². The molecule has 1 heterocycles. The molecule has 1 aromatic rings. The van der Waals surface area contributed by atoms with Crippen LogP contribution in [0.1, 0.15) is 51.2 Å². The summed E-state index contributed by atoms with van der Waals surface area (Å²) in [5.74, 6) is -1.70. The van der Waals surface area contributed by atoms with Crippen LogP contribution < -0.4 is 5.32 Å². The highest BCUT2D eigenvalue weighted by Crippen LogP contribution is 2.56. The lowest BCUT2D eigenvalue weighted by Gasteiger charge is -2.23. The maximum absolute atomic E-state index is 12.9. The summed E-state index contributed by atoms with van der Waals surface area (Å²) in [5.41, 5.74) is 2.79. The van der Waals surface area contributed by atoms with Crippen molar-refractivity contribution in [1.82, 2.24) is 4.90 Å². The molecule has 5 atom stereocenters. The van der Waals surface area contributed by atoms with Crippen LogP contribution in [0.5, 0.6) is 0 Å². The summed E-state index contributed by atoms with van der Waals surface area (Å²) in [6, 6.07) is 4.85. The number of para-hydroxylation sites is 1. The summed E-state index contributed by atoms with van der Waals surface area (Å²) in [6.45, 7) is 5.06. The molecule has 1 N–H and O–H groups in total. The predicted octanol–water partition coefficient (Wildman–Crippen LogP) is 2.71. The van der Waals surface area contributed by atoms with Crippen LogP contribution in [0.15, 0.2) is 18.2 Å². The third-order valence-electron chi connectivity index (χ3n) is 7.30. The Labute approximate surface area is 182 Å². The average Bonchev–Trinajstić information content (AvgIpc) is 3.45. The Balaban J connectivity index is 1.37. The van der Waals surface area contributed by atoms with Crippen molar-refractivity contribution < 1.29 is 23.9 Å². The number of rotatable bonds is 7. The quantitative estimate of drug-likeness (QED) is 0.535. The lowest BCUT2D eigenvalue weighted by Crippen LogP contribution is -2.45. The third kappa shape index (κ3) is 3.64. The van der Waals surface area contributed by atoms with Crippen LogP contribution >= 0.6 is 0 Å². The van der Waals surface area contributed by atoms with Crippen LogP contribution in [0.2, 0.25) is 0 Å². The van der Waals surface area contributed by atoms with E-state index in [2.05, 4.69) is 5.32 Å². The second-order valence-electron chi connectivity index (χ2n) is 8.92. The first kappa shape index (κ1) is 21.5. The minimum absolute atomic E-state index is 0.249. The number of fused-ring (bicyclic) bond motifs is 5. The van der Waals surface area contributed by atoms with Crippen LogP contribution in [0.4, 0.5) is 5.69 Å². The minimum atomic E-state index is -1.02. The van der Waals surface area contributed by atoms with Gasteiger partial charge >= 0.3 is 5.97 Å². The van der Waals surface area contributed by atoms with E-state index in [1.165, 1.54) is 6.92 Å². The molecule has 1 aromatic carbocycles. The molecule has 1 aliphatic heterocycles. The smallest absolute Gasteiger partial charge is 0.329 e. The van der Waals surface area contributed by atoms with E-state index < -0.39 is 24.5 Å². The molecule has 3 amide bonds.